The molecule has 1 aliphatic heterocycles. The summed E-state index contributed by atoms with van der Waals surface area (Å²) in [5, 5.41) is 10.7. The van der Waals surface area contributed by atoms with E-state index in [1.54, 1.807) is 29.5 Å². The second-order valence-corrected chi connectivity index (χ2v) is 7.09. The number of aliphatic hydroxyl groups is 1. The number of benzene rings is 1. The van der Waals surface area contributed by atoms with Crippen LogP contribution < -0.4 is 15.2 Å². The molecule has 8 heteroatoms. The zero-order chi connectivity index (χ0) is 19.6. The average Bonchev–Trinajstić information content (AvgIpc) is 3.17. The van der Waals surface area contributed by atoms with Gasteiger partial charge in [-0.2, -0.15) is 0 Å². The average molecular weight is 380 g/mol. The first-order valence-electron chi connectivity index (χ1n) is 9.01. The van der Waals surface area contributed by atoms with Crippen molar-refractivity contribution < 1.29 is 14.6 Å². The molecule has 1 aliphatic rings. The zero-order valence-corrected chi connectivity index (χ0v) is 15.8. The Morgan fingerprint density at radius 1 is 1.39 bits per heavy atom. The summed E-state index contributed by atoms with van der Waals surface area (Å²) in [5.74, 6) is 1.27. The van der Waals surface area contributed by atoms with Gasteiger partial charge < -0.3 is 19.1 Å². The maximum Gasteiger partial charge on any atom is 0.329 e. The van der Waals surface area contributed by atoms with Crippen molar-refractivity contribution in [2.24, 2.45) is 14.1 Å². The van der Waals surface area contributed by atoms with Crippen LogP contribution in [-0.2, 0) is 14.1 Å². The molecule has 28 heavy (non-hydrogen) atoms. The third-order valence-corrected chi connectivity index (χ3v) is 5.46. The Morgan fingerprint density at radius 2 is 2.21 bits per heavy atom. The van der Waals surface area contributed by atoms with E-state index in [0.717, 1.165) is 22.0 Å². The summed E-state index contributed by atoms with van der Waals surface area (Å²) >= 11 is 0. The molecule has 4 aromatic rings. The van der Waals surface area contributed by atoms with Crippen LogP contribution in [-0.4, -0.2) is 44.1 Å². The van der Waals surface area contributed by atoms with Crippen LogP contribution in [0.4, 0.5) is 0 Å². The normalized spacial score (nSPS) is 15.9. The van der Waals surface area contributed by atoms with Crippen molar-refractivity contribution in [3.63, 3.8) is 0 Å². The van der Waals surface area contributed by atoms with Gasteiger partial charge >= 0.3 is 5.69 Å². The molecule has 1 unspecified atom stereocenters. The van der Waals surface area contributed by atoms with Gasteiger partial charge in [0.1, 0.15) is 18.1 Å². The number of hydrogen-bond donors (Lipinski definition) is 1. The molecule has 5 rings (SSSR count). The van der Waals surface area contributed by atoms with Crippen LogP contribution in [0.15, 0.2) is 35.5 Å². The highest BCUT2D eigenvalue weighted by molar-refractivity contribution is 6.10. The predicted molar refractivity (Wildman–Crippen MR) is 105 cm³/mol. The maximum absolute atomic E-state index is 12.9. The lowest BCUT2D eigenvalue weighted by molar-refractivity contribution is 0.170. The minimum Gasteiger partial charge on any atom is -0.496 e. The van der Waals surface area contributed by atoms with E-state index in [2.05, 4.69) is 4.98 Å². The van der Waals surface area contributed by atoms with Crippen molar-refractivity contribution >= 4 is 21.9 Å². The largest absolute Gasteiger partial charge is 0.496 e. The number of nitrogens with zero attached hydrogens (tertiary/aromatic N) is 4. The van der Waals surface area contributed by atoms with Gasteiger partial charge in [0.25, 0.3) is 0 Å². The van der Waals surface area contributed by atoms with Gasteiger partial charge in [0, 0.05) is 38.1 Å². The third-order valence-electron chi connectivity index (χ3n) is 5.46. The molecule has 0 aliphatic carbocycles. The SMILES string of the molecule is COc1cc2ncc3c4c2c(c1-c1ccn(C)c1)OCC(CO)n4c(=O)n3C. The number of aliphatic hydroxyl groups excluding tert-OH is 1. The molecule has 0 radical (unpaired) electrons. The van der Waals surface area contributed by atoms with Crippen LogP contribution >= 0.6 is 0 Å². The first-order chi connectivity index (χ1) is 13.5. The number of methoxy groups -OCH3 is 1. The third kappa shape index (κ3) is 2.09. The Hall–Kier alpha value is -3.26. The van der Waals surface area contributed by atoms with Crippen LogP contribution in [0.5, 0.6) is 11.5 Å². The van der Waals surface area contributed by atoms with E-state index in [1.807, 2.05) is 36.1 Å². The van der Waals surface area contributed by atoms with E-state index < -0.39 is 6.04 Å². The molecule has 0 saturated heterocycles. The molecule has 144 valence electrons. The van der Waals surface area contributed by atoms with Gasteiger partial charge in [0.2, 0.25) is 0 Å². The number of aromatic nitrogens is 4. The molecule has 3 aromatic heterocycles. The molecule has 0 bridgehead atoms. The Morgan fingerprint density at radius 3 is 2.89 bits per heavy atom. The van der Waals surface area contributed by atoms with E-state index in [9.17, 15) is 9.90 Å². The summed E-state index contributed by atoms with van der Waals surface area (Å²) in [4.78, 5) is 17.5. The van der Waals surface area contributed by atoms with E-state index >= 15 is 0 Å². The fourth-order valence-corrected chi connectivity index (χ4v) is 4.08. The summed E-state index contributed by atoms with van der Waals surface area (Å²) in [6, 6.07) is 3.37. The fourth-order valence-electron chi connectivity index (χ4n) is 4.08. The topological polar surface area (TPSA) is 83.4 Å². The van der Waals surface area contributed by atoms with Gasteiger partial charge in [-0.15, -0.1) is 0 Å². The molecule has 8 nitrogen and oxygen atoms in total. The number of ether oxygens (including phenoxy) is 2. The standard InChI is InChI=1S/C20H20N4O4/c1-22-5-4-11(8-22)16-15(27-3)6-13-17-18-14(7-21-13)23(2)20(26)24(18)12(9-25)10-28-19(16)17/h4-8,12,25H,9-10H2,1-3H3. The number of imidazole rings is 1. The Kier molecular flexibility index (Phi) is 3.54. The molecule has 0 fully saturated rings. The van der Waals surface area contributed by atoms with Crippen LogP contribution in [0.3, 0.4) is 0 Å². The van der Waals surface area contributed by atoms with Gasteiger partial charge in [-0.25, -0.2) is 4.79 Å². The molecular formula is C20H20N4O4. The number of aryl methyl sites for hydroxylation is 2. The van der Waals surface area contributed by atoms with Crippen molar-refractivity contribution in [1.29, 1.82) is 0 Å². The number of pyridine rings is 1. The molecule has 0 saturated carbocycles. The minimum atomic E-state index is -0.483. The van der Waals surface area contributed by atoms with Gasteiger partial charge in [-0.3, -0.25) is 14.1 Å². The summed E-state index contributed by atoms with van der Waals surface area (Å²) in [6.07, 6.45) is 5.63. The van der Waals surface area contributed by atoms with Crippen molar-refractivity contribution in [2.45, 2.75) is 6.04 Å². The van der Waals surface area contributed by atoms with Crippen LogP contribution in [0.1, 0.15) is 6.04 Å². The van der Waals surface area contributed by atoms with Crippen molar-refractivity contribution in [2.75, 3.05) is 20.3 Å². The number of hydrogen-bond acceptors (Lipinski definition) is 5. The molecule has 1 atom stereocenters. The summed E-state index contributed by atoms with van der Waals surface area (Å²) in [7, 11) is 5.28. The molecule has 0 spiro atoms. The number of rotatable bonds is 3. The van der Waals surface area contributed by atoms with E-state index in [4.69, 9.17) is 9.47 Å². The lowest BCUT2D eigenvalue weighted by Crippen LogP contribution is -2.30. The van der Waals surface area contributed by atoms with Crippen molar-refractivity contribution in [1.82, 2.24) is 18.7 Å². The summed E-state index contributed by atoms with van der Waals surface area (Å²) in [6.45, 7) is -0.0269. The highest BCUT2D eigenvalue weighted by Gasteiger charge is 2.30. The van der Waals surface area contributed by atoms with Crippen LogP contribution in [0, 0.1) is 0 Å². The monoisotopic (exact) mass is 380 g/mol. The predicted octanol–water partition coefficient (Wildman–Crippen LogP) is 1.83. The van der Waals surface area contributed by atoms with Crippen LogP contribution in [0.2, 0.25) is 0 Å². The van der Waals surface area contributed by atoms with E-state index in [0.29, 0.717) is 22.5 Å². The smallest absolute Gasteiger partial charge is 0.329 e. The highest BCUT2D eigenvalue weighted by atomic mass is 16.5. The lowest BCUT2D eigenvalue weighted by Gasteiger charge is -2.17. The maximum atomic E-state index is 12.9. The second-order valence-electron chi connectivity index (χ2n) is 7.09. The summed E-state index contributed by atoms with van der Waals surface area (Å²) < 4.78 is 17.0. The molecule has 0 amide bonds. The van der Waals surface area contributed by atoms with E-state index in [-0.39, 0.29) is 18.9 Å². The Bertz CT molecular complexity index is 1300. The van der Waals surface area contributed by atoms with Gasteiger partial charge in [0.05, 0.1) is 53.5 Å². The highest BCUT2D eigenvalue weighted by Crippen LogP contribution is 2.47. The lowest BCUT2D eigenvalue weighted by atomic mass is 10.0. The molecular weight excluding hydrogens is 360 g/mol. The summed E-state index contributed by atoms with van der Waals surface area (Å²) in [5.41, 5.74) is 3.66. The van der Waals surface area contributed by atoms with Crippen molar-refractivity contribution in [3.8, 4) is 22.6 Å². The van der Waals surface area contributed by atoms with Gasteiger partial charge in [-0.1, -0.05) is 0 Å². The van der Waals surface area contributed by atoms with Gasteiger partial charge in [0.15, 0.2) is 0 Å². The van der Waals surface area contributed by atoms with Gasteiger partial charge in [-0.05, 0) is 6.07 Å². The second kappa shape index (κ2) is 5.87. The minimum absolute atomic E-state index is 0.173. The first-order valence-corrected chi connectivity index (χ1v) is 9.01. The zero-order valence-electron chi connectivity index (χ0n) is 15.8. The first kappa shape index (κ1) is 16.9. The Balaban J connectivity index is 2.01. The quantitative estimate of drug-likeness (QED) is 0.586. The molecule has 1 N–H and O–H groups in total. The van der Waals surface area contributed by atoms with E-state index in [1.165, 1.54) is 0 Å². The van der Waals surface area contributed by atoms with Crippen molar-refractivity contribution in [3.05, 3.63) is 41.2 Å². The molecule has 1 aromatic carbocycles. The van der Waals surface area contributed by atoms with Crippen LogP contribution in [0.25, 0.3) is 33.1 Å². The molecule has 4 heterocycles. The fraction of sp³-hybridized carbons (Fsp3) is 0.300. The Labute approximate surface area is 160 Å².